The summed E-state index contributed by atoms with van der Waals surface area (Å²) in [5, 5.41) is 10.8. The summed E-state index contributed by atoms with van der Waals surface area (Å²) in [6, 6.07) is 6.32. The Morgan fingerprint density at radius 3 is 2.47 bits per heavy atom. The lowest BCUT2D eigenvalue weighted by Crippen LogP contribution is -2.34. The molecule has 0 saturated carbocycles. The van der Waals surface area contributed by atoms with Crippen molar-refractivity contribution in [1.82, 2.24) is 14.9 Å². The van der Waals surface area contributed by atoms with E-state index >= 15 is 0 Å². The first kappa shape index (κ1) is 21.8. The lowest BCUT2D eigenvalue weighted by Gasteiger charge is -2.23. The van der Waals surface area contributed by atoms with Gasteiger partial charge in [0, 0.05) is 56.4 Å². The van der Waals surface area contributed by atoms with Gasteiger partial charge >= 0.3 is 0 Å². The quantitative estimate of drug-likeness (QED) is 0.443. The van der Waals surface area contributed by atoms with Gasteiger partial charge in [0.25, 0.3) is 5.91 Å². The maximum atomic E-state index is 14.6. The summed E-state index contributed by atoms with van der Waals surface area (Å²) in [4.78, 5) is 25.5. The van der Waals surface area contributed by atoms with Crippen molar-refractivity contribution >= 4 is 40.9 Å². The highest BCUT2D eigenvalue weighted by Crippen LogP contribution is 2.35. The number of halogens is 3. The molecule has 34 heavy (non-hydrogen) atoms. The number of aromatic nitrogens is 2. The van der Waals surface area contributed by atoms with E-state index in [1.807, 2.05) is 4.90 Å². The van der Waals surface area contributed by atoms with E-state index in [1.165, 1.54) is 24.5 Å². The van der Waals surface area contributed by atoms with E-state index in [2.05, 4.69) is 20.5 Å². The van der Waals surface area contributed by atoms with Crippen LogP contribution in [0.1, 0.15) is 10.4 Å². The number of nitrogens with one attached hydrogen (secondary N) is 2. The number of likely N-dealkylation sites (tertiary alicyclic amines) is 1. The van der Waals surface area contributed by atoms with E-state index in [0.717, 1.165) is 18.3 Å². The van der Waals surface area contributed by atoms with E-state index < -0.39 is 23.4 Å². The summed E-state index contributed by atoms with van der Waals surface area (Å²) >= 11 is 0. The molecule has 0 aliphatic carbocycles. The molecule has 2 fully saturated rings. The van der Waals surface area contributed by atoms with Crippen LogP contribution in [0.5, 0.6) is 0 Å². The predicted octanol–water partition coefficient (Wildman–Crippen LogP) is 3.30. The molecule has 1 aromatic heterocycles. The van der Waals surface area contributed by atoms with Crippen LogP contribution in [0.2, 0.25) is 0 Å². The first-order valence-corrected chi connectivity index (χ1v) is 10.7. The lowest BCUT2D eigenvalue weighted by molar-refractivity contribution is 0.0779. The minimum atomic E-state index is -0.975. The number of benzene rings is 2. The molecule has 3 heterocycles. The van der Waals surface area contributed by atoms with Gasteiger partial charge < -0.3 is 15.2 Å². The molecular formula is C23H20F3N7O. The van der Waals surface area contributed by atoms with Gasteiger partial charge in [0.1, 0.15) is 17.2 Å². The van der Waals surface area contributed by atoms with Crippen LogP contribution >= 0.6 is 0 Å². The van der Waals surface area contributed by atoms with E-state index in [-0.39, 0.29) is 34.1 Å². The predicted molar refractivity (Wildman–Crippen MR) is 122 cm³/mol. The SMILES string of the molecule is N=C/C=N\Nc1cccc(F)c1C(=O)N1CC2CN(c3cnc4cc(F)c(F)cc4n3)CC2C1. The second-order valence-corrected chi connectivity index (χ2v) is 8.34. The maximum Gasteiger partial charge on any atom is 0.259 e. The number of anilines is 2. The van der Waals surface area contributed by atoms with Crippen LogP contribution in [0.4, 0.5) is 24.7 Å². The molecule has 2 aliphatic heterocycles. The highest BCUT2D eigenvalue weighted by Gasteiger charge is 2.43. The van der Waals surface area contributed by atoms with Crippen molar-refractivity contribution in [2.24, 2.45) is 16.9 Å². The van der Waals surface area contributed by atoms with E-state index in [9.17, 15) is 18.0 Å². The minimum Gasteiger partial charge on any atom is -0.355 e. The van der Waals surface area contributed by atoms with Crippen LogP contribution in [-0.4, -0.2) is 59.4 Å². The number of hydrogen-bond acceptors (Lipinski definition) is 7. The second-order valence-electron chi connectivity index (χ2n) is 8.34. The number of hydrogen-bond donors (Lipinski definition) is 2. The number of fused-ring (bicyclic) bond motifs is 2. The number of carbonyl (C=O) groups is 1. The fraction of sp³-hybridized carbons (Fsp3) is 0.261. The number of hydrazone groups is 1. The second kappa shape index (κ2) is 8.73. The number of nitrogens with zero attached hydrogens (tertiary/aromatic N) is 5. The molecule has 0 bridgehead atoms. The third kappa shape index (κ3) is 3.93. The van der Waals surface area contributed by atoms with Gasteiger partial charge in [0.15, 0.2) is 11.6 Å². The van der Waals surface area contributed by atoms with E-state index in [4.69, 9.17) is 5.41 Å². The standard InChI is InChI=1S/C23H20F3N7O/c24-15-2-1-3-18(31-29-5-4-27)22(15)23(34)33-11-13-9-32(10-14(13)12-33)21-8-28-19-6-16(25)17(26)7-20(19)30-21/h1-8,13-14,27,31H,9-12H2/b27-4?,29-5-. The van der Waals surface area contributed by atoms with Crippen molar-refractivity contribution < 1.29 is 18.0 Å². The van der Waals surface area contributed by atoms with Gasteiger partial charge in [-0.05, 0) is 12.1 Å². The molecule has 2 N–H and O–H groups in total. The van der Waals surface area contributed by atoms with Crippen molar-refractivity contribution in [1.29, 1.82) is 5.41 Å². The van der Waals surface area contributed by atoms with Crippen LogP contribution in [0, 0.1) is 34.7 Å². The van der Waals surface area contributed by atoms with Crippen LogP contribution in [0.15, 0.2) is 41.6 Å². The maximum absolute atomic E-state index is 14.6. The first-order chi connectivity index (χ1) is 16.4. The molecule has 2 atom stereocenters. The van der Waals surface area contributed by atoms with Gasteiger partial charge in [-0.2, -0.15) is 5.10 Å². The average molecular weight is 467 g/mol. The fourth-order valence-corrected chi connectivity index (χ4v) is 4.63. The third-order valence-corrected chi connectivity index (χ3v) is 6.23. The summed E-state index contributed by atoms with van der Waals surface area (Å²) in [5.41, 5.74) is 3.31. The Labute approximate surface area is 192 Å². The van der Waals surface area contributed by atoms with Gasteiger partial charge in [-0.3, -0.25) is 15.2 Å². The topological polar surface area (TPSA) is 97.6 Å². The molecule has 8 nitrogen and oxygen atoms in total. The summed E-state index contributed by atoms with van der Waals surface area (Å²) in [5.74, 6) is -2.13. The normalized spacial score (nSPS) is 19.7. The zero-order valence-electron chi connectivity index (χ0n) is 17.9. The Bertz CT molecular complexity index is 1300. The Balaban J connectivity index is 1.30. The van der Waals surface area contributed by atoms with Crippen LogP contribution < -0.4 is 10.3 Å². The number of carbonyl (C=O) groups excluding carboxylic acids is 1. The Hall–Kier alpha value is -4.02. The summed E-state index contributed by atoms with van der Waals surface area (Å²) in [6.07, 6.45) is 3.69. The zero-order valence-corrected chi connectivity index (χ0v) is 17.9. The van der Waals surface area contributed by atoms with Crippen LogP contribution in [0.3, 0.4) is 0 Å². The molecule has 5 rings (SSSR count). The van der Waals surface area contributed by atoms with Crippen molar-refractivity contribution in [3.63, 3.8) is 0 Å². The van der Waals surface area contributed by atoms with E-state index in [0.29, 0.717) is 32.0 Å². The van der Waals surface area contributed by atoms with Gasteiger partial charge in [-0.25, -0.2) is 18.2 Å². The van der Waals surface area contributed by atoms with Crippen molar-refractivity contribution in [2.75, 3.05) is 36.5 Å². The monoisotopic (exact) mass is 467 g/mol. The first-order valence-electron chi connectivity index (χ1n) is 10.7. The lowest BCUT2D eigenvalue weighted by atomic mass is 10.0. The van der Waals surface area contributed by atoms with Gasteiger partial charge in [0.2, 0.25) is 0 Å². The smallest absolute Gasteiger partial charge is 0.259 e. The number of rotatable bonds is 5. The molecule has 3 aromatic rings. The molecule has 2 saturated heterocycles. The summed E-state index contributed by atoms with van der Waals surface area (Å²) < 4.78 is 41.6. The number of amides is 1. The highest BCUT2D eigenvalue weighted by atomic mass is 19.2. The minimum absolute atomic E-state index is 0.0869. The van der Waals surface area contributed by atoms with Gasteiger partial charge in [0.05, 0.1) is 29.1 Å². The Kier molecular flexibility index (Phi) is 5.60. The molecule has 11 heteroatoms. The van der Waals surface area contributed by atoms with Gasteiger partial charge in [-0.1, -0.05) is 6.07 Å². The van der Waals surface area contributed by atoms with Crippen molar-refractivity contribution in [3.05, 3.63) is 59.5 Å². The molecule has 2 aromatic carbocycles. The largest absolute Gasteiger partial charge is 0.355 e. The molecule has 1 amide bonds. The molecular weight excluding hydrogens is 447 g/mol. The molecule has 0 spiro atoms. The molecule has 0 radical (unpaired) electrons. The summed E-state index contributed by atoms with van der Waals surface area (Å²) in [6.45, 7) is 2.14. The van der Waals surface area contributed by atoms with Crippen LogP contribution in [0.25, 0.3) is 11.0 Å². The molecule has 2 aliphatic rings. The Morgan fingerprint density at radius 1 is 1.06 bits per heavy atom. The van der Waals surface area contributed by atoms with Crippen LogP contribution in [-0.2, 0) is 0 Å². The highest BCUT2D eigenvalue weighted by molar-refractivity contribution is 6.14. The zero-order chi connectivity index (χ0) is 23.8. The molecule has 2 unspecified atom stereocenters. The fourth-order valence-electron chi connectivity index (χ4n) is 4.63. The van der Waals surface area contributed by atoms with Crippen molar-refractivity contribution in [3.8, 4) is 0 Å². The van der Waals surface area contributed by atoms with Crippen molar-refractivity contribution in [2.45, 2.75) is 0 Å². The average Bonchev–Trinajstić information content (AvgIpc) is 3.39. The van der Waals surface area contributed by atoms with E-state index in [1.54, 1.807) is 11.0 Å². The van der Waals surface area contributed by atoms with Gasteiger partial charge in [-0.15, -0.1) is 0 Å². The Morgan fingerprint density at radius 2 is 1.76 bits per heavy atom. The third-order valence-electron chi connectivity index (χ3n) is 6.23. The molecule has 174 valence electrons. The summed E-state index contributed by atoms with van der Waals surface area (Å²) in [7, 11) is 0.